The highest BCUT2D eigenvalue weighted by Crippen LogP contribution is 2.22. The van der Waals surface area contributed by atoms with Gasteiger partial charge in [0.2, 0.25) is 11.8 Å². The minimum atomic E-state index is -0.542. The van der Waals surface area contributed by atoms with Crippen molar-refractivity contribution in [3.63, 3.8) is 0 Å². The Balaban J connectivity index is 2.00. The molecule has 2 saturated heterocycles. The van der Waals surface area contributed by atoms with E-state index in [4.69, 9.17) is 0 Å². The molecule has 2 fully saturated rings. The second-order valence-corrected chi connectivity index (χ2v) is 4.04. The molecule has 8 nitrogen and oxygen atoms in total. The Morgan fingerprint density at radius 3 is 1.56 bits per heavy atom. The molecule has 0 spiro atoms. The first kappa shape index (κ1) is 10.5. The van der Waals surface area contributed by atoms with Crippen molar-refractivity contribution in [2.24, 2.45) is 0 Å². The summed E-state index contributed by atoms with van der Waals surface area (Å²) in [7, 11) is 0. The summed E-state index contributed by atoms with van der Waals surface area (Å²) in [4.78, 5) is 48.4. The summed E-state index contributed by atoms with van der Waals surface area (Å²) >= 11 is 0. The molecule has 3 aliphatic rings. The van der Waals surface area contributed by atoms with Crippen LogP contribution >= 0.6 is 0 Å². The summed E-state index contributed by atoms with van der Waals surface area (Å²) in [6, 6.07) is 0. The first-order valence-corrected chi connectivity index (χ1v) is 5.20. The van der Waals surface area contributed by atoms with Gasteiger partial charge in [-0.3, -0.25) is 29.8 Å². The van der Waals surface area contributed by atoms with Crippen molar-refractivity contribution in [3.8, 4) is 0 Å². The predicted octanol–water partition coefficient (Wildman–Crippen LogP) is -2.40. The Bertz CT molecular complexity index is 512. The number of fused-ring (bicyclic) bond motifs is 2. The second kappa shape index (κ2) is 3.42. The zero-order valence-corrected chi connectivity index (χ0v) is 9.10. The van der Waals surface area contributed by atoms with Crippen LogP contribution in [0.5, 0.6) is 0 Å². The number of piperazine rings is 2. The van der Waals surface area contributed by atoms with Crippen molar-refractivity contribution >= 4 is 23.6 Å². The van der Waals surface area contributed by atoms with Crippen molar-refractivity contribution in [2.75, 3.05) is 13.1 Å². The summed E-state index contributed by atoms with van der Waals surface area (Å²) in [5, 5.41) is 4.33. The Labute approximate surface area is 101 Å². The van der Waals surface area contributed by atoms with E-state index in [1.54, 1.807) is 0 Å². The van der Waals surface area contributed by atoms with Gasteiger partial charge in [0.1, 0.15) is 24.5 Å². The normalized spacial score (nSPS) is 22.7. The number of imide groups is 2. The molecule has 92 valence electrons. The third-order valence-electron chi connectivity index (χ3n) is 2.77. The smallest absolute Gasteiger partial charge is 0.276 e. The molecule has 0 radical (unpaired) electrons. The van der Waals surface area contributed by atoms with Crippen molar-refractivity contribution in [1.82, 2.24) is 20.4 Å². The molecular weight excluding hydrogens is 240 g/mol. The molecule has 0 aromatic heterocycles. The van der Waals surface area contributed by atoms with Gasteiger partial charge in [0.15, 0.2) is 0 Å². The van der Waals surface area contributed by atoms with Crippen molar-refractivity contribution in [3.05, 3.63) is 23.8 Å². The summed E-state index contributed by atoms with van der Waals surface area (Å²) in [6.45, 7) is -0.0632. The number of rotatable bonds is 0. The topological polar surface area (TPSA) is 98.8 Å². The van der Waals surface area contributed by atoms with Crippen LogP contribution in [0, 0.1) is 0 Å². The van der Waals surface area contributed by atoms with Gasteiger partial charge >= 0.3 is 0 Å². The number of amides is 4. The lowest BCUT2D eigenvalue weighted by Crippen LogP contribution is -2.54. The van der Waals surface area contributed by atoms with E-state index >= 15 is 0 Å². The Hall–Kier alpha value is -2.64. The molecule has 3 rings (SSSR count). The minimum Gasteiger partial charge on any atom is -0.331 e. The zero-order chi connectivity index (χ0) is 12.9. The van der Waals surface area contributed by atoms with Crippen molar-refractivity contribution in [2.45, 2.75) is 0 Å². The van der Waals surface area contributed by atoms with Crippen molar-refractivity contribution < 1.29 is 19.2 Å². The molecule has 2 N–H and O–H groups in total. The van der Waals surface area contributed by atoms with Crippen LogP contribution in [-0.2, 0) is 19.2 Å². The number of hydrogen-bond donors (Lipinski definition) is 2. The molecule has 0 aromatic carbocycles. The largest absolute Gasteiger partial charge is 0.331 e. The van der Waals surface area contributed by atoms with E-state index in [2.05, 4.69) is 10.6 Å². The van der Waals surface area contributed by atoms with Crippen LogP contribution < -0.4 is 10.6 Å². The average molecular weight is 248 g/mol. The number of carbonyl (C=O) groups excluding carboxylic acids is 4. The molecule has 0 bridgehead atoms. The quantitative estimate of drug-likeness (QED) is 0.464. The SMILES string of the molecule is O=C1CN2C=C3C(=O)NC(=O)CN3C=C2C(=O)N1. The fraction of sp³-hybridized carbons (Fsp3) is 0.200. The highest BCUT2D eigenvalue weighted by molar-refractivity contribution is 6.10. The Kier molecular flexibility index (Phi) is 2.00. The van der Waals surface area contributed by atoms with Crippen LogP contribution in [0.2, 0.25) is 0 Å². The summed E-state index contributed by atoms with van der Waals surface area (Å²) < 4.78 is 0. The molecule has 3 heterocycles. The maximum atomic E-state index is 11.6. The first-order valence-electron chi connectivity index (χ1n) is 5.20. The summed E-state index contributed by atoms with van der Waals surface area (Å²) in [6.07, 6.45) is 2.79. The molecule has 0 atom stereocenters. The van der Waals surface area contributed by atoms with Crippen LogP contribution in [0.1, 0.15) is 0 Å². The number of nitrogens with zero attached hydrogens (tertiary/aromatic N) is 2. The third kappa shape index (κ3) is 1.46. The van der Waals surface area contributed by atoms with Gasteiger partial charge in [0.05, 0.1) is 0 Å². The van der Waals surface area contributed by atoms with Gasteiger partial charge in [-0.25, -0.2) is 0 Å². The Morgan fingerprint density at radius 1 is 0.778 bits per heavy atom. The fourth-order valence-electron chi connectivity index (χ4n) is 1.99. The van der Waals surface area contributed by atoms with Gasteiger partial charge in [-0.05, 0) is 0 Å². The zero-order valence-electron chi connectivity index (χ0n) is 9.10. The van der Waals surface area contributed by atoms with Gasteiger partial charge in [0.25, 0.3) is 11.8 Å². The van der Waals surface area contributed by atoms with Crippen LogP contribution in [-0.4, -0.2) is 46.5 Å². The van der Waals surface area contributed by atoms with Crippen LogP contribution in [0.25, 0.3) is 0 Å². The maximum absolute atomic E-state index is 11.6. The first-order chi connectivity index (χ1) is 8.54. The lowest BCUT2D eigenvalue weighted by Gasteiger charge is -2.36. The maximum Gasteiger partial charge on any atom is 0.276 e. The fourth-order valence-corrected chi connectivity index (χ4v) is 1.99. The van der Waals surface area contributed by atoms with E-state index in [1.165, 1.54) is 22.2 Å². The lowest BCUT2D eigenvalue weighted by atomic mass is 10.2. The second-order valence-electron chi connectivity index (χ2n) is 4.04. The number of nitrogens with one attached hydrogen (secondary N) is 2. The summed E-state index contributed by atoms with van der Waals surface area (Å²) in [5.74, 6) is -1.95. The molecule has 8 heteroatoms. The lowest BCUT2D eigenvalue weighted by molar-refractivity contribution is -0.135. The van der Waals surface area contributed by atoms with E-state index in [0.29, 0.717) is 0 Å². The van der Waals surface area contributed by atoms with E-state index in [1.807, 2.05) is 0 Å². The van der Waals surface area contributed by atoms with Gasteiger partial charge < -0.3 is 9.80 Å². The van der Waals surface area contributed by atoms with E-state index in [0.717, 1.165) is 0 Å². The standard InChI is InChI=1S/C10H8N4O4/c15-7-3-13-1-5-9(17)11-8(16)4-14(5)2-6(13)10(18)12-7/h1-2H,3-4H2,(H,11,16,17)(H,12,15,18). The van der Waals surface area contributed by atoms with Gasteiger partial charge in [-0.15, -0.1) is 0 Å². The van der Waals surface area contributed by atoms with Crippen LogP contribution in [0.15, 0.2) is 23.8 Å². The molecule has 18 heavy (non-hydrogen) atoms. The molecule has 0 unspecified atom stereocenters. The average Bonchev–Trinajstić information content (AvgIpc) is 2.27. The molecule has 0 aromatic rings. The molecule has 0 saturated carbocycles. The highest BCUT2D eigenvalue weighted by Gasteiger charge is 2.36. The minimum absolute atomic E-state index is 0.0316. The van der Waals surface area contributed by atoms with E-state index in [-0.39, 0.29) is 24.5 Å². The third-order valence-corrected chi connectivity index (χ3v) is 2.77. The number of hydrogen-bond acceptors (Lipinski definition) is 6. The monoisotopic (exact) mass is 248 g/mol. The predicted molar refractivity (Wildman–Crippen MR) is 55.9 cm³/mol. The molecule has 0 aliphatic carbocycles. The number of carbonyl (C=O) groups is 4. The molecular formula is C10H8N4O4. The molecule has 3 aliphatic heterocycles. The summed E-state index contributed by atoms with van der Waals surface area (Å²) in [5.41, 5.74) is 0.474. The van der Waals surface area contributed by atoms with E-state index in [9.17, 15) is 19.2 Å². The van der Waals surface area contributed by atoms with Gasteiger partial charge in [-0.1, -0.05) is 0 Å². The molecule has 4 amide bonds. The van der Waals surface area contributed by atoms with Gasteiger partial charge in [0, 0.05) is 12.4 Å². The Morgan fingerprint density at radius 2 is 1.17 bits per heavy atom. The van der Waals surface area contributed by atoms with E-state index < -0.39 is 23.6 Å². The highest BCUT2D eigenvalue weighted by atomic mass is 16.2. The van der Waals surface area contributed by atoms with Gasteiger partial charge in [-0.2, -0.15) is 0 Å². The van der Waals surface area contributed by atoms with Crippen LogP contribution in [0.4, 0.5) is 0 Å². The van der Waals surface area contributed by atoms with Crippen molar-refractivity contribution in [1.29, 1.82) is 0 Å². The van der Waals surface area contributed by atoms with Crippen LogP contribution in [0.3, 0.4) is 0 Å².